The van der Waals surface area contributed by atoms with Crippen LogP contribution in [0.4, 0.5) is 9.18 Å². The van der Waals surface area contributed by atoms with E-state index in [-0.39, 0.29) is 23.4 Å². The van der Waals surface area contributed by atoms with E-state index in [1.54, 1.807) is 20.0 Å². The third-order valence-corrected chi connectivity index (χ3v) is 5.38. The van der Waals surface area contributed by atoms with Crippen molar-refractivity contribution in [2.24, 2.45) is 10.9 Å². The minimum atomic E-state index is -0.379. The van der Waals surface area contributed by atoms with Crippen LogP contribution in [0.3, 0.4) is 0 Å². The first-order valence-corrected chi connectivity index (χ1v) is 9.71. The van der Waals surface area contributed by atoms with Crippen molar-refractivity contribution in [1.29, 1.82) is 0 Å². The van der Waals surface area contributed by atoms with E-state index < -0.39 is 0 Å². The Labute approximate surface area is 160 Å². The lowest BCUT2D eigenvalue weighted by Gasteiger charge is -2.22. The van der Waals surface area contributed by atoms with Gasteiger partial charge in [0.25, 0.3) is 0 Å². The van der Waals surface area contributed by atoms with Gasteiger partial charge < -0.3 is 20.7 Å². The minimum absolute atomic E-state index is 0.0176. The zero-order valence-electron chi connectivity index (χ0n) is 16.1. The number of rotatable bonds is 8. The van der Waals surface area contributed by atoms with E-state index in [1.807, 2.05) is 12.1 Å². The Morgan fingerprint density at radius 3 is 2.67 bits per heavy atom. The van der Waals surface area contributed by atoms with Crippen molar-refractivity contribution in [3.63, 3.8) is 0 Å². The topological polar surface area (TPSA) is 74.8 Å². The van der Waals surface area contributed by atoms with Gasteiger partial charge in [0, 0.05) is 25.6 Å². The molecular weight excluding hydrogens is 347 g/mol. The van der Waals surface area contributed by atoms with Gasteiger partial charge in [-0.25, -0.2) is 9.18 Å². The summed E-state index contributed by atoms with van der Waals surface area (Å²) < 4.78 is 19.1. The molecule has 0 aliphatic heterocycles. The summed E-state index contributed by atoms with van der Waals surface area (Å²) >= 11 is 0. The van der Waals surface area contributed by atoms with Crippen molar-refractivity contribution in [3.05, 3.63) is 35.6 Å². The summed E-state index contributed by atoms with van der Waals surface area (Å²) in [5.74, 6) is 0.995. The van der Waals surface area contributed by atoms with Crippen molar-refractivity contribution in [2.45, 2.75) is 44.1 Å². The first-order valence-electron chi connectivity index (χ1n) is 9.71. The molecule has 2 saturated carbocycles. The van der Waals surface area contributed by atoms with Crippen molar-refractivity contribution < 1.29 is 13.9 Å². The molecule has 0 heterocycles. The number of carbonyl (C=O) groups excluding carboxylic acids is 1. The number of amides is 1. The van der Waals surface area contributed by atoms with Crippen LogP contribution in [0.1, 0.15) is 38.2 Å². The molecule has 0 aromatic heterocycles. The second-order valence-corrected chi connectivity index (χ2v) is 7.38. The van der Waals surface area contributed by atoms with E-state index >= 15 is 0 Å². The van der Waals surface area contributed by atoms with Gasteiger partial charge in [-0.3, -0.25) is 4.99 Å². The minimum Gasteiger partial charge on any atom is -0.450 e. The van der Waals surface area contributed by atoms with Crippen LogP contribution in [0, 0.1) is 11.7 Å². The molecule has 1 atom stereocenters. The Bertz CT molecular complexity index is 686. The van der Waals surface area contributed by atoms with Gasteiger partial charge in [-0.05, 0) is 50.2 Å². The molecule has 148 valence electrons. The van der Waals surface area contributed by atoms with E-state index in [0.29, 0.717) is 31.6 Å². The van der Waals surface area contributed by atoms with Crippen LogP contribution in [0.15, 0.2) is 29.3 Å². The number of alkyl carbamates (subject to hydrolysis) is 1. The third kappa shape index (κ3) is 5.11. The van der Waals surface area contributed by atoms with Gasteiger partial charge in [-0.2, -0.15) is 0 Å². The van der Waals surface area contributed by atoms with Gasteiger partial charge in [-0.15, -0.1) is 0 Å². The number of nitrogens with zero attached hydrogens (tertiary/aromatic N) is 1. The maximum Gasteiger partial charge on any atom is 0.407 e. The summed E-state index contributed by atoms with van der Waals surface area (Å²) in [6.45, 7) is 3.36. The molecule has 0 saturated heterocycles. The number of guanidine groups is 1. The standard InChI is InChI=1S/C20H29FN4O2/c1-3-27-19(26)25-17(14-8-9-14)12-23-18(22-2)24-13-20(10-11-20)15-6-4-5-7-16(15)21/h4-7,14,17H,3,8-13H2,1-2H3,(H,25,26)(H2,22,23,24). The molecule has 2 fully saturated rings. The fraction of sp³-hybridized carbons (Fsp3) is 0.600. The van der Waals surface area contributed by atoms with Gasteiger partial charge in [0.15, 0.2) is 5.96 Å². The number of aliphatic imine (C=N–C) groups is 1. The summed E-state index contributed by atoms with van der Waals surface area (Å²) in [5.41, 5.74) is 0.620. The molecule has 7 heteroatoms. The van der Waals surface area contributed by atoms with Crippen LogP contribution >= 0.6 is 0 Å². The number of benzene rings is 1. The molecule has 3 N–H and O–H groups in total. The predicted molar refractivity (Wildman–Crippen MR) is 103 cm³/mol. The molecule has 1 aromatic rings. The zero-order valence-corrected chi connectivity index (χ0v) is 16.1. The van der Waals surface area contributed by atoms with Crippen LogP contribution in [0.5, 0.6) is 0 Å². The maximum absolute atomic E-state index is 14.1. The summed E-state index contributed by atoms with van der Waals surface area (Å²) in [7, 11) is 1.71. The highest BCUT2D eigenvalue weighted by atomic mass is 19.1. The lowest BCUT2D eigenvalue weighted by molar-refractivity contribution is 0.146. The van der Waals surface area contributed by atoms with Gasteiger partial charge in [0.05, 0.1) is 12.6 Å². The predicted octanol–water partition coefficient (Wildman–Crippen LogP) is 2.55. The summed E-state index contributed by atoms with van der Waals surface area (Å²) in [4.78, 5) is 16.0. The number of nitrogens with one attached hydrogen (secondary N) is 3. The molecule has 6 nitrogen and oxygen atoms in total. The highest BCUT2D eigenvalue weighted by Gasteiger charge is 2.45. The number of ether oxygens (including phenoxy) is 1. The number of halogens is 1. The van der Waals surface area contributed by atoms with Crippen molar-refractivity contribution in [2.75, 3.05) is 26.7 Å². The lowest BCUT2D eigenvalue weighted by Crippen LogP contribution is -2.49. The summed E-state index contributed by atoms with van der Waals surface area (Å²) in [6.07, 6.45) is 3.78. The molecular formula is C20H29FN4O2. The summed E-state index contributed by atoms with van der Waals surface area (Å²) in [5, 5.41) is 9.52. The number of hydrogen-bond acceptors (Lipinski definition) is 3. The van der Waals surface area contributed by atoms with Gasteiger partial charge in [0.1, 0.15) is 5.82 Å². The maximum atomic E-state index is 14.1. The lowest BCUT2D eigenvalue weighted by atomic mass is 9.95. The zero-order chi connectivity index (χ0) is 19.3. The normalized spacial score (nSPS) is 19.1. The second-order valence-electron chi connectivity index (χ2n) is 7.38. The van der Waals surface area contributed by atoms with Crippen molar-refractivity contribution in [1.82, 2.24) is 16.0 Å². The molecule has 27 heavy (non-hydrogen) atoms. The van der Waals surface area contributed by atoms with Gasteiger partial charge >= 0.3 is 6.09 Å². The molecule has 1 amide bonds. The highest BCUT2D eigenvalue weighted by molar-refractivity contribution is 5.80. The Hall–Kier alpha value is -2.31. The largest absolute Gasteiger partial charge is 0.450 e. The van der Waals surface area contributed by atoms with E-state index in [9.17, 15) is 9.18 Å². The smallest absolute Gasteiger partial charge is 0.407 e. The van der Waals surface area contributed by atoms with Crippen LogP contribution in [-0.2, 0) is 10.2 Å². The molecule has 1 aromatic carbocycles. The van der Waals surface area contributed by atoms with E-state index in [0.717, 1.165) is 31.2 Å². The number of carbonyl (C=O) groups is 1. The molecule has 0 bridgehead atoms. The Morgan fingerprint density at radius 2 is 2.07 bits per heavy atom. The first kappa shape index (κ1) is 19.5. The molecule has 0 radical (unpaired) electrons. The fourth-order valence-electron chi connectivity index (χ4n) is 3.42. The average Bonchev–Trinajstić information content (AvgIpc) is 3.56. The first-order chi connectivity index (χ1) is 13.1. The Morgan fingerprint density at radius 1 is 1.33 bits per heavy atom. The number of hydrogen-bond donors (Lipinski definition) is 3. The van der Waals surface area contributed by atoms with Gasteiger partial charge in [0.2, 0.25) is 0 Å². The highest BCUT2D eigenvalue weighted by Crippen LogP contribution is 2.48. The SMILES string of the molecule is CCOC(=O)NC(CNC(=NC)NCC1(c2ccccc2F)CC1)C1CC1. The van der Waals surface area contributed by atoms with Crippen LogP contribution in [-0.4, -0.2) is 44.8 Å². The van der Waals surface area contributed by atoms with Crippen molar-refractivity contribution in [3.8, 4) is 0 Å². The second kappa shape index (κ2) is 8.59. The Kier molecular flexibility index (Phi) is 6.19. The average molecular weight is 376 g/mol. The van der Waals surface area contributed by atoms with Crippen LogP contribution < -0.4 is 16.0 Å². The monoisotopic (exact) mass is 376 g/mol. The molecule has 1 unspecified atom stereocenters. The third-order valence-electron chi connectivity index (χ3n) is 5.38. The fourth-order valence-corrected chi connectivity index (χ4v) is 3.42. The molecule has 2 aliphatic carbocycles. The quantitative estimate of drug-likeness (QED) is 0.481. The van der Waals surface area contributed by atoms with Crippen molar-refractivity contribution >= 4 is 12.1 Å². The summed E-state index contributed by atoms with van der Waals surface area (Å²) in [6, 6.07) is 7.00. The van der Waals surface area contributed by atoms with Crippen LogP contribution in [0.2, 0.25) is 0 Å². The van der Waals surface area contributed by atoms with Crippen LogP contribution in [0.25, 0.3) is 0 Å². The molecule has 2 aliphatic rings. The molecule has 3 rings (SSSR count). The van der Waals surface area contributed by atoms with E-state index in [1.165, 1.54) is 6.07 Å². The van der Waals surface area contributed by atoms with Gasteiger partial charge in [-0.1, -0.05) is 18.2 Å². The molecule has 0 spiro atoms. The van der Waals surface area contributed by atoms with E-state index in [2.05, 4.69) is 20.9 Å². The van der Waals surface area contributed by atoms with E-state index in [4.69, 9.17) is 4.74 Å². The Balaban J connectivity index is 1.51.